The van der Waals surface area contributed by atoms with E-state index in [1.54, 1.807) is 19.4 Å². The lowest BCUT2D eigenvalue weighted by Gasteiger charge is -2.57. The minimum Gasteiger partial charge on any atom is -0.365 e. The van der Waals surface area contributed by atoms with Gasteiger partial charge in [-0.15, -0.1) is 0 Å². The van der Waals surface area contributed by atoms with Gasteiger partial charge in [-0.1, -0.05) is 11.6 Å². The Labute approximate surface area is 142 Å². The molecule has 0 amide bonds. The predicted octanol–water partition coefficient (Wildman–Crippen LogP) is 0.563. The van der Waals surface area contributed by atoms with Gasteiger partial charge in [-0.25, -0.2) is 14.6 Å². The number of piperazine rings is 1. The highest BCUT2D eigenvalue weighted by atomic mass is 35.5. The molecule has 0 aliphatic carbocycles. The first kappa shape index (κ1) is 14.9. The maximum absolute atomic E-state index is 12.0. The number of fused-ring (bicyclic) bond motifs is 2. The summed E-state index contributed by atoms with van der Waals surface area (Å²) in [6.45, 7) is 1.40. The van der Waals surface area contributed by atoms with E-state index < -0.39 is 0 Å². The molecule has 122 valence electrons. The van der Waals surface area contributed by atoms with E-state index in [9.17, 15) is 10.1 Å². The van der Waals surface area contributed by atoms with Crippen molar-refractivity contribution in [2.45, 2.75) is 18.5 Å². The van der Waals surface area contributed by atoms with Crippen LogP contribution in [-0.2, 0) is 7.05 Å². The number of rotatable bonds is 2. The van der Waals surface area contributed by atoms with Crippen LogP contribution in [0.4, 0.5) is 11.5 Å². The van der Waals surface area contributed by atoms with Crippen molar-refractivity contribution in [3.8, 4) is 6.07 Å². The Bertz CT molecular complexity index is 893. The molecule has 3 fully saturated rings. The van der Waals surface area contributed by atoms with Gasteiger partial charge < -0.3 is 9.80 Å². The van der Waals surface area contributed by atoms with Crippen LogP contribution in [0, 0.1) is 11.3 Å². The lowest BCUT2D eigenvalue weighted by molar-refractivity contribution is 0.288. The molecule has 2 bridgehead atoms. The number of nitriles is 1. The molecule has 2 aromatic rings. The third-order valence-corrected chi connectivity index (χ3v) is 4.98. The number of nitrogens with zero attached hydrogens (tertiary/aromatic N) is 7. The fraction of sp³-hybridized carbons (Fsp3) is 0.400. The molecule has 0 spiro atoms. The Morgan fingerprint density at radius 1 is 1.29 bits per heavy atom. The molecule has 3 aliphatic heterocycles. The molecule has 24 heavy (non-hydrogen) atoms. The topological polar surface area (TPSA) is 90.9 Å². The summed E-state index contributed by atoms with van der Waals surface area (Å²) in [4.78, 5) is 24.6. The zero-order valence-corrected chi connectivity index (χ0v) is 13.7. The van der Waals surface area contributed by atoms with Crippen molar-refractivity contribution in [3.63, 3.8) is 0 Å². The highest BCUT2D eigenvalue weighted by molar-refractivity contribution is 6.33. The van der Waals surface area contributed by atoms with Crippen molar-refractivity contribution < 1.29 is 0 Å². The first-order valence-corrected chi connectivity index (χ1v) is 7.94. The summed E-state index contributed by atoms with van der Waals surface area (Å²) in [6, 6.07) is 2.53. The maximum atomic E-state index is 12.0. The Morgan fingerprint density at radius 3 is 2.71 bits per heavy atom. The maximum Gasteiger partial charge on any atom is 0.287 e. The summed E-state index contributed by atoms with van der Waals surface area (Å²) < 4.78 is 1.22. The van der Waals surface area contributed by atoms with Gasteiger partial charge in [0.15, 0.2) is 11.5 Å². The second-order valence-corrected chi connectivity index (χ2v) is 6.35. The fourth-order valence-electron chi connectivity index (χ4n) is 3.47. The number of piperidine rings is 1. The van der Waals surface area contributed by atoms with Crippen LogP contribution in [0.5, 0.6) is 0 Å². The average Bonchev–Trinajstić information content (AvgIpc) is 2.60. The van der Waals surface area contributed by atoms with E-state index in [0.717, 1.165) is 6.42 Å². The summed E-state index contributed by atoms with van der Waals surface area (Å²) in [7, 11) is 1.57. The first-order chi connectivity index (χ1) is 11.6. The van der Waals surface area contributed by atoms with Crippen LogP contribution >= 0.6 is 11.6 Å². The van der Waals surface area contributed by atoms with Crippen LogP contribution < -0.4 is 15.4 Å². The molecule has 2 unspecified atom stereocenters. The lowest BCUT2D eigenvalue weighted by atomic mass is 9.87. The molecular weight excluding hydrogens is 330 g/mol. The monoisotopic (exact) mass is 343 g/mol. The molecule has 0 N–H and O–H groups in total. The molecule has 3 saturated heterocycles. The van der Waals surface area contributed by atoms with Crippen molar-refractivity contribution >= 4 is 23.1 Å². The van der Waals surface area contributed by atoms with Gasteiger partial charge in [-0.05, 0) is 6.42 Å². The van der Waals surface area contributed by atoms with Gasteiger partial charge in [0.1, 0.15) is 11.1 Å². The van der Waals surface area contributed by atoms with Crippen LogP contribution in [0.3, 0.4) is 0 Å². The Balaban J connectivity index is 1.61. The molecular formula is C15H14ClN7O. The minimum atomic E-state index is -0.300. The van der Waals surface area contributed by atoms with E-state index in [1.165, 1.54) is 10.9 Å². The van der Waals surface area contributed by atoms with E-state index >= 15 is 0 Å². The lowest BCUT2D eigenvalue weighted by Crippen LogP contribution is -2.69. The van der Waals surface area contributed by atoms with Gasteiger partial charge >= 0.3 is 0 Å². The van der Waals surface area contributed by atoms with Gasteiger partial charge in [0.25, 0.3) is 5.56 Å². The van der Waals surface area contributed by atoms with Gasteiger partial charge in [0.05, 0.1) is 24.0 Å². The molecule has 5 rings (SSSR count). The second kappa shape index (κ2) is 5.46. The Kier molecular flexibility index (Phi) is 3.39. The molecule has 0 aromatic carbocycles. The first-order valence-electron chi connectivity index (χ1n) is 7.56. The van der Waals surface area contributed by atoms with Gasteiger partial charge in [0.2, 0.25) is 0 Å². The van der Waals surface area contributed by atoms with Crippen LogP contribution in [-0.4, -0.2) is 44.9 Å². The number of aromatic nitrogens is 4. The van der Waals surface area contributed by atoms with Crippen molar-refractivity contribution in [3.05, 3.63) is 39.7 Å². The van der Waals surface area contributed by atoms with Gasteiger partial charge in [0, 0.05) is 32.5 Å². The average molecular weight is 344 g/mol. The van der Waals surface area contributed by atoms with Gasteiger partial charge in [-0.2, -0.15) is 10.4 Å². The van der Waals surface area contributed by atoms with E-state index in [0.29, 0.717) is 30.3 Å². The molecule has 2 atom stereocenters. The van der Waals surface area contributed by atoms with E-state index in [2.05, 4.69) is 30.9 Å². The smallest absolute Gasteiger partial charge is 0.287 e. The van der Waals surface area contributed by atoms with Crippen molar-refractivity contribution in [2.24, 2.45) is 7.05 Å². The zero-order chi connectivity index (χ0) is 16.8. The summed E-state index contributed by atoms with van der Waals surface area (Å²) in [5.74, 6) is 0.633. The number of hydrogen-bond acceptors (Lipinski definition) is 7. The van der Waals surface area contributed by atoms with Crippen molar-refractivity contribution in [1.82, 2.24) is 19.7 Å². The minimum absolute atomic E-state index is 0.192. The normalized spacial score (nSPS) is 22.0. The van der Waals surface area contributed by atoms with Crippen LogP contribution in [0.1, 0.15) is 12.1 Å². The summed E-state index contributed by atoms with van der Waals surface area (Å²) in [6.07, 6.45) is 5.77. The van der Waals surface area contributed by atoms with E-state index in [1.807, 2.05) is 0 Å². The standard InChI is InChI=1S/C15H14ClN7O/c1-21-15(24)13(16)12(6-20-21)22-7-9-4-10(8-22)23(9)14-11(5-17)18-2-3-19-14/h2-3,6,9-10H,4,7-8H2,1H3. The SMILES string of the molecule is Cn1ncc(N2CC3CC(C2)N3c2nccnc2C#N)c(Cl)c1=O. The quantitative estimate of drug-likeness (QED) is 0.787. The van der Waals surface area contributed by atoms with Crippen LogP contribution in [0.15, 0.2) is 23.4 Å². The van der Waals surface area contributed by atoms with E-state index in [-0.39, 0.29) is 22.7 Å². The molecule has 8 nitrogen and oxygen atoms in total. The number of halogens is 1. The third kappa shape index (κ3) is 2.12. The number of hydrogen-bond donors (Lipinski definition) is 0. The molecule has 0 saturated carbocycles. The van der Waals surface area contributed by atoms with Gasteiger partial charge in [-0.3, -0.25) is 4.79 Å². The second-order valence-electron chi connectivity index (χ2n) is 5.97. The summed E-state index contributed by atoms with van der Waals surface area (Å²) >= 11 is 6.20. The zero-order valence-electron chi connectivity index (χ0n) is 12.9. The molecule has 5 heterocycles. The molecule has 9 heteroatoms. The summed E-state index contributed by atoms with van der Waals surface area (Å²) in [5, 5.41) is 13.5. The number of anilines is 2. The summed E-state index contributed by atoms with van der Waals surface area (Å²) in [5.41, 5.74) is 0.702. The molecule has 2 aromatic heterocycles. The van der Waals surface area contributed by atoms with E-state index in [4.69, 9.17) is 11.6 Å². The number of aryl methyl sites for hydroxylation is 1. The molecule has 0 radical (unpaired) electrons. The largest absolute Gasteiger partial charge is 0.365 e. The third-order valence-electron chi connectivity index (χ3n) is 4.62. The highest BCUT2D eigenvalue weighted by Crippen LogP contribution is 2.39. The molecule has 3 aliphatic rings. The Hall–Kier alpha value is -2.66. The van der Waals surface area contributed by atoms with Crippen molar-refractivity contribution in [1.29, 1.82) is 5.26 Å². The fourth-order valence-corrected chi connectivity index (χ4v) is 3.76. The van der Waals surface area contributed by atoms with Crippen LogP contribution in [0.25, 0.3) is 0 Å². The predicted molar refractivity (Wildman–Crippen MR) is 88.1 cm³/mol. The highest BCUT2D eigenvalue weighted by Gasteiger charge is 2.46. The van der Waals surface area contributed by atoms with Crippen LogP contribution in [0.2, 0.25) is 5.02 Å². The Morgan fingerprint density at radius 2 is 2.00 bits per heavy atom. The van der Waals surface area contributed by atoms with Crippen molar-refractivity contribution in [2.75, 3.05) is 22.9 Å².